The second kappa shape index (κ2) is 6.47. The van der Waals surface area contributed by atoms with E-state index < -0.39 is 11.6 Å². The zero-order valence-electron chi connectivity index (χ0n) is 13.1. The van der Waals surface area contributed by atoms with Crippen LogP contribution in [-0.2, 0) is 11.2 Å². The van der Waals surface area contributed by atoms with Crippen LogP contribution in [0.4, 0.5) is 0 Å². The van der Waals surface area contributed by atoms with Gasteiger partial charge in [0.2, 0.25) is 0 Å². The summed E-state index contributed by atoms with van der Waals surface area (Å²) in [5.41, 5.74) is 1.20. The molecule has 0 aliphatic carbocycles. The van der Waals surface area contributed by atoms with E-state index in [0.717, 1.165) is 5.56 Å². The molecule has 0 spiro atoms. The largest absolute Gasteiger partial charge is 0.497 e. The van der Waals surface area contributed by atoms with Gasteiger partial charge in [0.15, 0.2) is 0 Å². The van der Waals surface area contributed by atoms with Crippen molar-refractivity contribution in [1.82, 2.24) is 0 Å². The van der Waals surface area contributed by atoms with Crippen LogP contribution in [0, 0.1) is 6.92 Å². The van der Waals surface area contributed by atoms with Crippen molar-refractivity contribution in [3.05, 3.63) is 45.8 Å². The van der Waals surface area contributed by atoms with Gasteiger partial charge >= 0.3 is 11.6 Å². The third-order valence-electron chi connectivity index (χ3n) is 3.34. The standard InChI is InChI=1S/C17H18O5/c1-5-14-15(21-11(3)18)10(2)17(19)22-16(14)12-6-8-13(20-4)9-7-12/h6-9H,5H2,1-4H3. The summed E-state index contributed by atoms with van der Waals surface area (Å²) >= 11 is 0. The van der Waals surface area contributed by atoms with Crippen LogP contribution in [0.25, 0.3) is 11.3 Å². The van der Waals surface area contributed by atoms with E-state index in [1.165, 1.54) is 6.92 Å². The average molecular weight is 302 g/mol. The number of carbonyl (C=O) groups excluding carboxylic acids is 1. The molecule has 0 atom stereocenters. The minimum atomic E-state index is -0.515. The number of rotatable bonds is 4. The van der Waals surface area contributed by atoms with Gasteiger partial charge in [0.1, 0.15) is 17.3 Å². The highest BCUT2D eigenvalue weighted by molar-refractivity contribution is 5.73. The van der Waals surface area contributed by atoms with Crippen molar-refractivity contribution < 1.29 is 18.7 Å². The minimum Gasteiger partial charge on any atom is -0.497 e. The van der Waals surface area contributed by atoms with Crippen LogP contribution in [0.2, 0.25) is 0 Å². The van der Waals surface area contributed by atoms with Crippen molar-refractivity contribution in [2.24, 2.45) is 0 Å². The van der Waals surface area contributed by atoms with Crippen molar-refractivity contribution in [3.63, 3.8) is 0 Å². The monoisotopic (exact) mass is 302 g/mol. The smallest absolute Gasteiger partial charge is 0.342 e. The van der Waals surface area contributed by atoms with Crippen LogP contribution < -0.4 is 15.1 Å². The molecule has 0 bridgehead atoms. The van der Waals surface area contributed by atoms with Gasteiger partial charge < -0.3 is 13.9 Å². The van der Waals surface area contributed by atoms with Crippen molar-refractivity contribution >= 4 is 5.97 Å². The van der Waals surface area contributed by atoms with E-state index in [0.29, 0.717) is 29.1 Å². The summed E-state index contributed by atoms with van der Waals surface area (Å²) in [7, 11) is 1.58. The Morgan fingerprint density at radius 1 is 1.23 bits per heavy atom. The lowest BCUT2D eigenvalue weighted by Gasteiger charge is -2.13. The molecule has 1 aromatic heterocycles. The van der Waals surface area contributed by atoms with Gasteiger partial charge in [-0.3, -0.25) is 4.79 Å². The number of carbonyl (C=O) groups is 1. The zero-order chi connectivity index (χ0) is 16.3. The van der Waals surface area contributed by atoms with Crippen LogP contribution in [0.5, 0.6) is 11.5 Å². The predicted octanol–water partition coefficient (Wildman–Crippen LogP) is 3.11. The average Bonchev–Trinajstić information content (AvgIpc) is 2.51. The van der Waals surface area contributed by atoms with Crippen LogP contribution in [0.1, 0.15) is 25.0 Å². The first-order valence-corrected chi connectivity index (χ1v) is 6.97. The van der Waals surface area contributed by atoms with E-state index in [9.17, 15) is 9.59 Å². The number of esters is 1. The molecule has 0 amide bonds. The Kier molecular flexibility index (Phi) is 4.65. The van der Waals surface area contributed by atoms with Crippen molar-refractivity contribution in [2.75, 3.05) is 7.11 Å². The Balaban J connectivity index is 2.66. The highest BCUT2D eigenvalue weighted by Gasteiger charge is 2.20. The highest BCUT2D eigenvalue weighted by Crippen LogP contribution is 2.33. The molecule has 0 fully saturated rings. The lowest BCUT2D eigenvalue weighted by atomic mass is 10.0. The molecular weight excluding hydrogens is 284 g/mol. The fourth-order valence-electron chi connectivity index (χ4n) is 2.23. The van der Waals surface area contributed by atoms with Crippen molar-refractivity contribution in [3.8, 4) is 22.8 Å². The Bertz CT molecular complexity index is 741. The molecule has 22 heavy (non-hydrogen) atoms. The molecule has 5 heteroatoms. The third kappa shape index (κ3) is 3.03. The molecule has 2 aromatic rings. The van der Waals surface area contributed by atoms with Gasteiger partial charge in [-0.25, -0.2) is 4.79 Å². The maximum atomic E-state index is 12.0. The number of methoxy groups -OCH3 is 1. The summed E-state index contributed by atoms with van der Waals surface area (Å²) in [5, 5.41) is 0. The number of hydrogen-bond acceptors (Lipinski definition) is 5. The topological polar surface area (TPSA) is 65.7 Å². The van der Waals surface area contributed by atoms with Crippen LogP contribution in [0.3, 0.4) is 0 Å². The van der Waals surface area contributed by atoms with Crippen molar-refractivity contribution in [1.29, 1.82) is 0 Å². The third-order valence-corrected chi connectivity index (χ3v) is 3.34. The van der Waals surface area contributed by atoms with E-state index >= 15 is 0 Å². The second-order valence-electron chi connectivity index (χ2n) is 4.83. The Labute approximate surface area is 128 Å². The van der Waals surface area contributed by atoms with Crippen LogP contribution in [0.15, 0.2) is 33.5 Å². The van der Waals surface area contributed by atoms with Gasteiger partial charge in [-0.2, -0.15) is 0 Å². The maximum Gasteiger partial charge on any atom is 0.342 e. The fourth-order valence-corrected chi connectivity index (χ4v) is 2.23. The molecular formula is C17H18O5. The fraction of sp³-hybridized carbons (Fsp3) is 0.294. The molecule has 116 valence electrons. The number of hydrogen-bond donors (Lipinski definition) is 0. The van der Waals surface area contributed by atoms with E-state index in [2.05, 4.69) is 0 Å². The summed E-state index contributed by atoms with van der Waals surface area (Å²) in [6.07, 6.45) is 0.564. The number of benzene rings is 1. The molecule has 0 unspecified atom stereocenters. The molecule has 5 nitrogen and oxygen atoms in total. The van der Waals surface area contributed by atoms with Crippen LogP contribution in [-0.4, -0.2) is 13.1 Å². The molecule has 0 aliphatic heterocycles. The second-order valence-corrected chi connectivity index (χ2v) is 4.83. The minimum absolute atomic E-state index is 0.289. The van der Waals surface area contributed by atoms with Crippen LogP contribution >= 0.6 is 0 Å². The normalized spacial score (nSPS) is 10.4. The van der Waals surface area contributed by atoms with Gasteiger partial charge in [-0.15, -0.1) is 0 Å². The summed E-state index contributed by atoms with van der Waals surface area (Å²) < 4.78 is 15.8. The summed E-state index contributed by atoms with van der Waals surface area (Å²) in [5.74, 6) is 0.939. The molecule has 0 N–H and O–H groups in total. The Morgan fingerprint density at radius 3 is 2.36 bits per heavy atom. The van der Waals surface area contributed by atoms with Gasteiger partial charge in [0, 0.05) is 18.1 Å². The molecule has 0 radical (unpaired) electrons. The lowest BCUT2D eigenvalue weighted by molar-refractivity contribution is -0.132. The van der Waals surface area contributed by atoms with Gasteiger partial charge in [0.05, 0.1) is 12.7 Å². The Hall–Kier alpha value is -2.56. The Morgan fingerprint density at radius 2 is 1.86 bits per heavy atom. The molecule has 1 aromatic carbocycles. The van der Waals surface area contributed by atoms with Gasteiger partial charge in [-0.1, -0.05) is 6.92 Å². The SMILES string of the molecule is CCc1c(-c2ccc(OC)cc2)oc(=O)c(C)c1OC(C)=O. The molecule has 1 heterocycles. The first kappa shape index (κ1) is 15.8. The zero-order valence-corrected chi connectivity index (χ0v) is 13.1. The van der Waals surface area contributed by atoms with Gasteiger partial charge in [0.25, 0.3) is 0 Å². The first-order valence-electron chi connectivity index (χ1n) is 6.97. The summed E-state index contributed by atoms with van der Waals surface area (Å²) in [6.45, 7) is 4.80. The quantitative estimate of drug-likeness (QED) is 0.812. The van der Waals surface area contributed by atoms with Crippen molar-refractivity contribution in [2.45, 2.75) is 27.2 Å². The summed E-state index contributed by atoms with van der Waals surface area (Å²) in [6, 6.07) is 7.15. The predicted molar refractivity (Wildman–Crippen MR) is 82.4 cm³/mol. The molecule has 0 saturated carbocycles. The van der Waals surface area contributed by atoms with Gasteiger partial charge in [-0.05, 0) is 37.6 Å². The van der Waals surface area contributed by atoms with E-state index in [-0.39, 0.29) is 5.75 Å². The number of ether oxygens (including phenoxy) is 2. The highest BCUT2D eigenvalue weighted by atomic mass is 16.5. The van der Waals surface area contributed by atoms with E-state index in [1.54, 1.807) is 38.3 Å². The summed E-state index contributed by atoms with van der Waals surface area (Å²) in [4.78, 5) is 23.3. The maximum absolute atomic E-state index is 12.0. The molecule has 2 rings (SSSR count). The van der Waals surface area contributed by atoms with E-state index in [4.69, 9.17) is 13.9 Å². The molecule has 0 aliphatic rings. The first-order chi connectivity index (χ1) is 10.5. The lowest BCUT2D eigenvalue weighted by Crippen LogP contribution is -2.13. The van der Waals surface area contributed by atoms with E-state index in [1.807, 2.05) is 6.92 Å². The molecule has 0 saturated heterocycles.